The maximum absolute atomic E-state index is 11.5. The first-order valence-electron chi connectivity index (χ1n) is 4.88. The lowest BCUT2D eigenvalue weighted by molar-refractivity contribution is -0.123. The fourth-order valence-electron chi connectivity index (χ4n) is 1.84. The van der Waals surface area contributed by atoms with Gasteiger partial charge in [-0.15, -0.1) is 0 Å². The van der Waals surface area contributed by atoms with E-state index in [1.807, 2.05) is 25.3 Å². The summed E-state index contributed by atoms with van der Waals surface area (Å²) in [5, 5.41) is 2.60. The molecule has 0 aromatic carbocycles. The van der Waals surface area contributed by atoms with E-state index >= 15 is 0 Å². The van der Waals surface area contributed by atoms with Crippen LogP contribution >= 0.6 is 0 Å². The van der Waals surface area contributed by atoms with E-state index in [2.05, 4.69) is 5.32 Å². The van der Waals surface area contributed by atoms with Crippen molar-refractivity contribution < 1.29 is 9.59 Å². The van der Waals surface area contributed by atoms with Gasteiger partial charge in [-0.3, -0.25) is 9.59 Å². The van der Waals surface area contributed by atoms with Crippen LogP contribution in [0.1, 0.15) is 34.7 Å². The Labute approximate surface area is 89.3 Å². The van der Waals surface area contributed by atoms with Crippen molar-refractivity contribution in [1.29, 1.82) is 0 Å². The van der Waals surface area contributed by atoms with Crippen LogP contribution in [0.25, 0.3) is 0 Å². The molecule has 1 atom stereocenters. The molecule has 4 heteroatoms. The van der Waals surface area contributed by atoms with Crippen molar-refractivity contribution in [2.45, 2.75) is 26.8 Å². The van der Waals surface area contributed by atoms with Gasteiger partial charge in [0.05, 0.1) is 0 Å². The third kappa shape index (κ3) is 1.93. The van der Waals surface area contributed by atoms with Gasteiger partial charge in [0.15, 0.2) is 6.29 Å². The Bertz CT molecular complexity index is 394. The van der Waals surface area contributed by atoms with Crippen LogP contribution in [-0.4, -0.2) is 23.8 Å². The van der Waals surface area contributed by atoms with E-state index < -0.39 is 0 Å². The number of hydrogen-bond acceptors (Lipinski definition) is 2. The lowest BCUT2D eigenvalue weighted by atomic mass is 10.2. The van der Waals surface area contributed by atoms with Crippen LogP contribution < -0.4 is 5.32 Å². The summed E-state index contributed by atoms with van der Waals surface area (Å²) in [5.41, 5.74) is 2.40. The number of carbonyl (C=O) groups is 2. The quantitative estimate of drug-likeness (QED) is 0.759. The Morgan fingerprint density at radius 2 is 2.13 bits per heavy atom. The first-order chi connectivity index (χ1) is 7.02. The molecule has 0 spiro atoms. The number of nitrogens with one attached hydrogen (secondary N) is 1. The molecule has 0 aliphatic rings. The average molecular weight is 208 g/mol. The van der Waals surface area contributed by atoms with Gasteiger partial charge in [-0.25, -0.2) is 0 Å². The Morgan fingerprint density at radius 3 is 2.53 bits per heavy atom. The smallest absolute Gasteiger partial charge is 0.242 e. The van der Waals surface area contributed by atoms with Crippen LogP contribution in [0.3, 0.4) is 0 Å². The number of rotatable bonds is 3. The first-order valence-corrected chi connectivity index (χ1v) is 4.88. The van der Waals surface area contributed by atoms with E-state index in [1.54, 1.807) is 13.1 Å². The topological polar surface area (TPSA) is 51.1 Å². The van der Waals surface area contributed by atoms with E-state index in [4.69, 9.17) is 0 Å². The maximum atomic E-state index is 11.5. The van der Waals surface area contributed by atoms with Crippen LogP contribution in [0.5, 0.6) is 0 Å². The molecule has 82 valence electrons. The number of aromatic nitrogens is 1. The zero-order chi connectivity index (χ0) is 11.6. The van der Waals surface area contributed by atoms with Gasteiger partial charge in [0.1, 0.15) is 6.04 Å². The predicted molar refractivity (Wildman–Crippen MR) is 58.1 cm³/mol. The van der Waals surface area contributed by atoms with Crippen LogP contribution in [0, 0.1) is 13.8 Å². The van der Waals surface area contributed by atoms with Crippen LogP contribution in [0.15, 0.2) is 6.07 Å². The predicted octanol–water partition coefficient (Wildman–Crippen LogP) is 1.22. The molecule has 1 heterocycles. The Hall–Kier alpha value is -1.58. The molecule has 0 fully saturated rings. The standard InChI is InChI=1S/C11H16N2O2/c1-7-5-10(6-14)8(2)13(7)9(3)11(15)12-4/h5-6,9H,1-4H3,(H,12,15). The zero-order valence-electron chi connectivity index (χ0n) is 9.50. The highest BCUT2D eigenvalue weighted by atomic mass is 16.2. The van der Waals surface area contributed by atoms with Crippen molar-refractivity contribution in [1.82, 2.24) is 9.88 Å². The maximum Gasteiger partial charge on any atom is 0.242 e. The van der Waals surface area contributed by atoms with E-state index in [0.29, 0.717) is 5.56 Å². The zero-order valence-corrected chi connectivity index (χ0v) is 9.50. The Kier molecular flexibility index (Phi) is 3.29. The molecule has 0 saturated carbocycles. The minimum absolute atomic E-state index is 0.0609. The van der Waals surface area contributed by atoms with Crippen LogP contribution in [-0.2, 0) is 4.79 Å². The van der Waals surface area contributed by atoms with Crippen molar-refractivity contribution in [2.75, 3.05) is 7.05 Å². The van der Waals surface area contributed by atoms with Crippen LogP contribution in [0.4, 0.5) is 0 Å². The molecular formula is C11H16N2O2. The highest BCUT2D eigenvalue weighted by Crippen LogP contribution is 2.19. The third-order valence-electron chi connectivity index (χ3n) is 2.66. The molecule has 1 aromatic rings. The molecule has 1 rings (SSSR count). The summed E-state index contributed by atoms with van der Waals surface area (Å²) < 4.78 is 1.86. The molecule has 0 aliphatic carbocycles. The van der Waals surface area contributed by atoms with Crippen molar-refractivity contribution >= 4 is 12.2 Å². The lowest BCUT2D eigenvalue weighted by Crippen LogP contribution is -2.28. The monoisotopic (exact) mass is 208 g/mol. The summed E-state index contributed by atoms with van der Waals surface area (Å²) in [6.07, 6.45) is 0.815. The van der Waals surface area contributed by atoms with Gasteiger partial charge in [0.25, 0.3) is 0 Å². The van der Waals surface area contributed by atoms with E-state index in [1.165, 1.54) is 0 Å². The number of aryl methyl sites for hydroxylation is 1. The van der Waals surface area contributed by atoms with Crippen molar-refractivity contribution in [3.63, 3.8) is 0 Å². The van der Waals surface area contributed by atoms with Gasteiger partial charge in [0.2, 0.25) is 5.91 Å². The fraction of sp³-hybridized carbons (Fsp3) is 0.455. The van der Waals surface area contributed by atoms with E-state index in [-0.39, 0.29) is 11.9 Å². The molecule has 0 aliphatic heterocycles. The fourth-order valence-corrected chi connectivity index (χ4v) is 1.84. The number of likely N-dealkylation sites (N-methyl/N-ethyl adjacent to an activating group) is 1. The van der Waals surface area contributed by atoms with Gasteiger partial charge in [-0.2, -0.15) is 0 Å². The third-order valence-corrected chi connectivity index (χ3v) is 2.66. The molecule has 0 bridgehead atoms. The lowest BCUT2D eigenvalue weighted by Gasteiger charge is -2.16. The summed E-state index contributed by atoms with van der Waals surface area (Å²) >= 11 is 0. The molecule has 1 aromatic heterocycles. The minimum atomic E-state index is -0.288. The second-order valence-corrected chi connectivity index (χ2v) is 3.60. The Morgan fingerprint density at radius 1 is 1.53 bits per heavy atom. The van der Waals surface area contributed by atoms with Gasteiger partial charge in [-0.1, -0.05) is 0 Å². The normalized spacial score (nSPS) is 12.3. The molecule has 1 unspecified atom stereocenters. The second-order valence-electron chi connectivity index (χ2n) is 3.60. The van der Waals surface area contributed by atoms with E-state index in [0.717, 1.165) is 17.7 Å². The van der Waals surface area contributed by atoms with Crippen molar-refractivity contribution in [3.8, 4) is 0 Å². The van der Waals surface area contributed by atoms with Crippen molar-refractivity contribution in [2.24, 2.45) is 0 Å². The molecule has 0 radical (unpaired) electrons. The number of nitrogens with zero attached hydrogens (tertiary/aromatic N) is 1. The molecule has 4 nitrogen and oxygen atoms in total. The number of aldehydes is 1. The average Bonchev–Trinajstić information content (AvgIpc) is 2.51. The van der Waals surface area contributed by atoms with Gasteiger partial charge in [-0.05, 0) is 26.8 Å². The summed E-state index contributed by atoms with van der Waals surface area (Å²) in [6.45, 7) is 5.54. The molecule has 15 heavy (non-hydrogen) atoms. The van der Waals surface area contributed by atoms with Crippen LogP contribution in [0.2, 0.25) is 0 Å². The SMILES string of the molecule is CNC(=O)C(C)n1c(C)cc(C=O)c1C. The van der Waals surface area contributed by atoms with Gasteiger partial charge in [0, 0.05) is 24.0 Å². The summed E-state index contributed by atoms with van der Waals surface area (Å²) in [4.78, 5) is 22.2. The number of carbonyl (C=O) groups excluding carboxylic acids is 2. The molecule has 1 amide bonds. The second kappa shape index (κ2) is 4.29. The van der Waals surface area contributed by atoms with Gasteiger partial charge >= 0.3 is 0 Å². The van der Waals surface area contributed by atoms with E-state index in [9.17, 15) is 9.59 Å². The Balaban J connectivity index is 3.19. The van der Waals surface area contributed by atoms with Gasteiger partial charge < -0.3 is 9.88 Å². The molecule has 0 saturated heterocycles. The minimum Gasteiger partial charge on any atom is -0.357 e. The number of hydrogen-bond donors (Lipinski definition) is 1. The highest BCUT2D eigenvalue weighted by Gasteiger charge is 2.18. The highest BCUT2D eigenvalue weighted by molar-refractivity contribution is 5.81. The van der Waals surface area contributed by atoms with Crippen molar-refractivity contribution in [3.05, 3.63) is 23.0 Å². The summed E-state index contributed by atoms with van der Waals surface area (Å²) in [5.74, 6) is -0.0609. The summed E-state index contributed by atoms with van der Waals surface area (Å²) in [6, 6.07) is 1.51. The molecule has 1 N–H and O–H groups in total. The first kappa shape index (κ1) is 11.5. The largest absolute Gasteiger partial charge is 0.357 e. The molecular weight excluding hydrogens is 192 g/mol. The number of amides is 1. The summed E-state index contributed by atoms with van der Waals surface area (Å²) in [7, 11) is 1.60.